The lowest BCUT2D eigenvalue weighted by Gasteiger charge is -1.96. The fraction of sp³-hybridized carbons (Fsp3) is 1.00. The molecule has 1 unspecified atom stereocenters. The molecule has 0 spiro atoms. The van der Waals surface area contributed by atoms with E-state index >= 15 is 0 Å². The van der Waals surface area contributed by atoms with E-state index in [4.69, 9.17) is 13.6 Å². The van der Waals surface area contributed by atoms with Crippen LogP contribution in [-0.2, 0) is 0 Å². The average Bonchev–Trinajstić information content (AvgIpc) is 1.93. The molecule has 4 nitrogen and oxygen atoms in total. The number of hydrogen-bond donors (Lipinski definition) is 1. The highest BCUT2D eigenvalue weighted by atomic mass is 16.3. The zero-order valence-electron chi connectivity index (χ0n) is 6.78. The summed E-state index contributed by atoms with van der Waals surface area (Å²) in [6.45, 7) is 1.84. The Morgan fingerprint density at radius 2 is 2.75 bits per heavy atom. The van der Waals surface area contributed by atoms with E-state index in [2.05, 4.69) is 10.0 Å². The Morgan fingerprint density at radius 1 is 2.12 bits per heavy atom. The van der Waals surface area contributed by atoms with Crippen LogP contribution in [0.3, 0.4) is 0 Å². The summed E-state index contributed by atoms with van der Waals surface area (Å²) in [5.41, 5.74) is 7.84. The van der Waals surface area contributed by atoms with Gasteiger partial charge in [0.25, 0.3) is 0 Å². The molecule has 1 atom stereocenters. The Bertz CT molecular complexity index is 107. The minimum absolute atomic E-state index is 0. The van der Waals surface area contributed by atoms with Crippen molar-refractivity contribution in [2.24, 2.45) is 5.11 Å². The first kappa shape index (κ1) is 5.41. The molecule has 0 aromatic rings. The zero-order valence-corrected chi connectivity index (χ0v) is 4.78. The zero-order chi connectivity index (χ0) is 8.41. The first-order valence-corrected chi connectivity index (χ1v) is 2.46. The van der Waals surface area contributed by atoms with Gasteiger partial charge >= 0.3 is 0 Å². The van der Waals surface area contributed by atoms with Gasteiger partial charge < -0.3 is 5.11 Å². The normalized spacial score (nSPS) is 13.2. The predicted octanol–water partition coefficient (Wildman–Crippen LogP) is 1.56. The molecule has 0 radical (unpaired) electrons. The maximum absolute atomic E-state index is 8.28. The van der Waals surface area contributed by atoms with Gasteiger partial charge in [-0.2, -0.15) is 0 Å². The highest BCUT2D eigenvalue weighted by molar-refractivity contribution is 4.58. The number of rotatable bonds is 3. The molecule has 0 rings (SSSR count). The SMILES string of the molecule is CC(CCO)N=[N+]=[N-].[2HH].[2H][2H]. The number of hydrogen-bond acceptors (Lipinski definition) is 2. The molecule has 8 heavy (non-hydrogen) atoms. The van der Waals surface area contributed by atoms with Crippen LogP contribution in [-0.4, -0.2) is 17.8 Å². The van der Waals surface area contributed by atoms with Crippen LogP contribution in [0.15, 0.2) is 5.11 Å². The quantitative estimate of drug-likeness (QED) is 0.344. The summed E-state index contributed by atoms with van der Waals surface area (Å²) in [6.07, 6.45) is 0.546. The number of aliphatic hydroxyl groups excluding tert-OH is 1. The van der Waals surface area contributed by atoms with E-state index in [1.807, 2.05) is 0 Å². The molecule has 0 aliphatic heterocycles. The van der Waals surface area contributed by atoms with Gasteiger partial charge in [0.1, 0.15) is 0 Å². The third-order valence-corrected chi connectivity index (χ3v) is 0.796. The molecular weight excluding hydrogens is 106 g/mol. The smallest absolute Gasteiger partial charge is 0.0434 e. The van der Waals surface area contributed by atoms with Crippen LogP contribution in [0, 0.1) is 0 Å². The Labute approximate surface area is 52.3 Å². The number of aliphatic hydroxyl groups is 1. The molecule has 0 aliphatic rings. The monoisotopic (exact) mass is 122 g/mol. The van der Waals surface area contributed by atoms with Gasteiger partial charge in [-0.3, -0.25) is 0 Å². The molecule has 50 valence electrons. The van der Waals surface area contributed by atoms with Crippen LogP contribution in [0.5, 0.6) is 0 Å². The molecule has 1 N–H and O–H groups in total. The summed E-state index contributed by atoms with van der Waals surface area (Å²) in [5.74, 6) is 0. The van der Waals surface area contributed by atoms with Crippen molar-refractivity contribution >= 4 is 0 Å². The van der Waals surface area contributed by atoms with E-state index in [-0.39, 0.29) is 14.1 Å². The second-order valence-corrected chi connectivity index (χ2v) is 1.57. The average molecular weight is 122 g/mol. The van der Waals surface area contributed by atoms with Crippen LogP contribution < -0.4 is 0 Å². The van der Waals surface area contributed by atoms with Crippen molar-refractivity contribution in [3.05, 3.63) is 10.4 Å². The molecule has 0 amide bonds. The topological polar surface area (TPSA) is 69.0 Å². The molecule has 0 saturated carbocycles. The molecular formula is C4H13N3O. The minimum Gasteiger partial charge on any atom is -0.396 e. The largest absolute Gasteiger partial charge is 0.396 e. The van der Waals surface area contributed by atoms with Crippen LogP contribution >= 0.6 is 0 Å². The van der Waals surface area contributed by atoms with Gasteiger partial charge in [-0.25, -0.2) is 0 Å². The lowest BCUT2D eigenvalue weighted by atomic mass is 10.3. The van der Waals surface area contributed by atoms with Gasteiger partial charge in [0, 0.05) is 22.0 Å². The Hall–Kier alpha value is -0.730. The Morgan fingerprint density at radius 3 is 3.12 bits per heavy atom. The summed E-state index contributed by atoms with van der Waals surface area (Å²) in [4.78, 5) is 2.57. The van der Waals surface area contributed by atoms with Crippen molar-refractivity contribution < 1.29 is 9.50 Å². The van der Waals surface area contributed by atoms with Gasteiger partial charge in [0.2, 0.25) is 0 Å². The first-order chi connectivity index (χ1) is 4.81. The fourth-order valence-electron chi connectivity index (χ4n) is 0.333. The van der Waals surface area contributed by atoms with Gasteiger partial charge in [0.05, 0.1) is 0 Å². The van der Waals surface area contributed by atoms with E-state index in [9.17, 15) is 0 Å². The van der Waals surface area contributed by atoms with Crippen molar-refractivity contribution in [3.8, 4) is 0 Å². The molecule has 0 fully saturated rings. The molecule has 0 aliphatic carbocycles. The standard InChI is InChI=1S/C4H9N3O.2H2/c1-4(2-3-8)6-7-5;;/h4,8H,2-3H2,1H3;2*1H/i;1+1D;1+1. The van der Waals surface area contributed by atoms with E-state index < -0.39 is 0 Å². The van der Waals surface area contributed by atoms with Gasteiger partial charge in [-0.05, 0) is 12.0 Å². The summed E-state index contributed by atoms with van der Waals surface area (Å²) in [5, 5.41) is 11.6. The van der Waals surface area contributed by atoms with Gasteiger partial charge in [-0.1, -0.05) is 12.0 Å². The lowest BCUT2D eigenvalue weighted by molar-refractivity contribution is 0.279. The van der Waals surface area contributed by atoms with Crippen molar-refractivity contribution in [1.82, 2.24) is 0 Å². The van der Waals surface area contributed by atoms with Crippen LogP contribution in [0.4, 0.5) is 0 Å². The molecule has 0 aromatic heterocycles. The van der Waals surface area contributed by atoms with Crippen molar-refractivity contribution in [3.63, 3.8) is 0 Å². The maximum Gasteiger partial charge on any atom is 0.0434 e. The molecule has 0 bridgehead atoms. The van der Waals surface area contributed by atoms with E-state index in [0.29, 0.717) is 6.42 Å². The van der Waals surface area contributed by atoms with Crippen LogP contribution in [0.25, 0.3) is 10.4 Å². The van der Waals surface area contributed by atoms with E-state index in [0.717, 1.165) is 0 Å². The molecule has 0 aromatic carbocycles. The van der Waals surface area contributed by atoms with Gasteiger partial charge in [-0.15, -0.1) is 0 Å². The van der Waals surface area contributed by atoms with Crippen molar-refractivity contribution in [2.75, 3.05) is 6.61 Å². The highest BCUT2D eigenvalue weighted by Gasteiger charge is 1.93. The summed E-state index contributed by atoms with van der Waals surface area (Å²) in [7, 11) is 0. The number of nitrogens with zero attached hydrogens (tertiary/aromatic N) is 3. The lowest BCUT2D eigenvalue weighted by Crippen LogP contribution is -1.98. The van der Waals surface area contributed by atoms with Crippen LogP contribution in [0.1, 0.15) is 17.7 Å². The van der Waals surface area contributed by atoms with Crippen LogP contribution in [0.2, 0.25) is 0 Å². The van der Waals surface area contributed by atoms with E-state index in [1.54, 1.807) is 6.92 Å². The van der Waals surface area contributed by atoms with Crippen molar-refractivity contribution in [1.29, 1.82) is 0 Å². The van der Waals surface area contributed by atoms with Crippen molar-refractivity contribution in [2.45, 2.75) is 19.4 Å². The predicted molar refractivity (Wildman–Crippen MR) is 34.5 cm³/mol. The maximum atomic E-state index is 8.28. The molecule has 0 heterocycles. The summed E-state index contributed by atoms with van der Waals surface area (Å²) < 4.78 is 10.0. The third-order valence-electron chi connectivity index (χ3n) is 0.796. The second-order valence-electron chi connectivity index (χ2n) is 1.57. The number of azide groups is 1. The van der Waals surface area contributed by atoms with Gasteiger partial charge in [0.15, 0.2) is 0 Å². The third kappa shape index (κ3) is 3.46. The summed E-state index contributed by atoms with van der Waals surface area (Å²) in [6, 6.07) is -0.0787. The minimum atomic E-state index is -0.0787. The van der Waals surface area contributed by atoms with E-state index in [1.165, 1.54) is 0 Å². The Balaban J connectivity index is -0.000000196. The fourth-order valence-corrected chi connectivity index (χ4v) is 0.333. The first-order valence-electron chi connectivity index (χ1n) is 3.46. The Kier molecular flexibility index (Phi) is 2.99. The second kappa shape index (κ2) is 4.43. The molecule has 0 saturated heterocycles. The summed E-state index contributed by atoms with van der Waals surface area (Å²) >= 11 is 0. The highest BCUT2D eigenvalue weighted by Crippen LogP contribution is 1.93. The molecule has 4 heteroatoms.